The number of hydrogen-bond donors (Lipinski definition) is 1. The standard InChI is InChI=1S/C16H24N4O2/c1-11-17-14(19-18-11)13-9-20(10-16(13)5-2-6-16)15(21)12-3-7-22-8-4-12/h12-13H,2-10H2,1H3,(H,17,18,19). The van der Waals surface area contributed by atoms with Gasteiger partial charge in [0.05, 0.1) is 0 Å². The maximum atomic E-state index is 12.8. The molecule has 0 radical (unpaired) electrons. The first-order chi connectivity index (χ1) is 10.7. The van der Waals surface area contributed by atoms with E-state index < -0.39 is 0 Å². The van der Waals surface area contributed by atoms with Crippen molar-refractivity contribution in [1.82, 2.24) is 20.1 Å². The minimum Gasteiger partial charge on any atom is -0.381 e. The number of H-pyrrole nitrogens is 1. The molecule has 1 aliphatic carbocycles. The van der Waals surface area contributed by atoms with Crippen molar-refractivity contribution in [2.75, 3.05) is 26.3 Å². The van der Waals surface area contributed by atoms with E-state index in [1.54, 1.807) is 0 Å². The zero-order valence-electron chi connectivity index (χ0n) is 13.2. The van der Waals surface area contributed by atoms with Crippen LogP contribution in [-0.2, 0) is 9.53 Å². The summed E-state index contributed by atoms with van der Waals surface area (Å²) in [6, 6.07) is 0. The highest BCUT2D eigenvalue weighted by Crippen LogP contribution is 2.55. The molecule has 1 N–H and O–H groups in total. The number of likely N-dealkylation sites (tertiary alicyclic amines) is 1. The molecule has 1 amide bonds. The minimum absolute atomic E-state index is 0.151. The molecule has 2 saturated heterocycles. The molecule has 3 fully saturated rings. The number of rotatable bonds is 2. The highest BCUT2D eigenvalue weighted by atomic mass is 16.5. The van der Waals surface area contributed by atoms with Crippen molar-refractivity contribution in [3.05, 3.63) is 11.6 Å². The number of carbonyl (C=O) groups excluding carboxylic acids is 1. The molecule has 4 rings (SSSR count). The summed E-state index contributed by atoms with van der Waals surface area (Å²) in [4.78, 5) is 19.5. The Morgan fingerprint density at radius 1 is 1.36 bits per heavy atom. The first kappa shape index (κ1) is 14.2. The molecule has 0 bridgehead atoms. The fourth-order valence-corrected chi connectivity index (χ4v) is 4.35. The van der Waals surface area contributed by atoms with E-state index in [9.17, 15) is 4.79 Å². The number of hydrogen-bond acceptors (Lipinski definition) is 4. The molecule has 1 spiro atoms. The SMILES string of the molecule is Cc1nc(C2CN(C(=O)C3CCOCC3)CC23CCC3)n[nH]1. The van der Waals surface area contributed by atoms with Gasteiger partial charge in [-0.3, -0.25) is 9.89 Å². The van der Waals surface area contributed by atoms with Gasteiger partial charge < -0.3 is 9.64 Å². The highest BCUT2D eigenvalue weighted by molar-refractivity contribution is 5.79. The van der Waals surface area contributed by atoms with Gasteiger partial charge in [0, 0.05) is 38.1 Å². The van der Waals surface area contributed by atoms with Crippen LogP contribution in [0.2, 0.25) is 0 Å². The number of aromatic nitrogens is 3. The van der Waals surface area contributed by atoms with E-state index in [4.69, 9.17) is 4.74 Å². The quantitative estimate of drug-likeness (QED) is 0.901. The molecule has 1 atom stereocenters. The van der Waals surface area contributed by atoms with Gasteiger partial charge in [0.15, 0.2) is 5.82 Å². The monoisotopic (exact) mass is 304 g/mol. The Balaban J connectivity index is 1.53. The molecule has 2 aliphatic heterocycles. The lowest BCUT2D eigenvalue weighted by molar-refractivity contribution is -0.138. The van der Waals surface area contributed by atoms with E-state index in [-0.39, 0.29) is 11.3 Å². The topological polar surface area (TPSA) is 71.1 Å². The number of aromatic amines is 1. The van der Waals surface area contributed by atoms with Crippen LogP contribution in [0, 0.1) is 18.3 Å². The maximum absolute atomic E-state index is 12.8. The molecule has 3 aliphatic rings. The van der Waals surface area contributed by atoms with Gasteiger partial charge in [-0.2, -0.15) is 5.10 Å². The molecular weight excluding hydrogens is 280 g/mol. The van der Waals surface area contributed by atoms with Gasteiger partial charge in [0.2, 0.25) is 5.91 Å². The van der Waals surface area contributed by atoms with Gasteiger partial charge in [0.25, 0.3) is 0 Å². The van der Waals surface area contributed by atoms with Crippen LogP contribution in [0.1, 0.15) is 49.7 Å². The van der Waals surface area contributed by atoms with Crippen molar-refractivity contribution in [1.29, 1.82) is 0 Å². The van der Waals surface area contributed by atoms with Crippen molar-refractivity contribution in [2.24, 2.45) is 11.3 Å². The second kappa shape index (κ2) is 5.33. The van der Waals surface area contributed by atoms with Gasteiger partial charge in [-0.15, -0.1) is 0 Å². The van der Waals surface area contributed by atoms with Crippen LogP contribution in [0.15, 0.2) is 0 Å². The number of amides is 1. The van der Waals surface area contributed by atoms with Crippen molar-refractivity contribution in [3.8, 4) is 0 Å². The lowest BCUT2D eigenvalue weighted by atomic mass is 9.62. The smallest absolute Gasteiger partial charge is 0.225 e. The van der Waals surface area contributed by atoms with Gasteiger partial charge in [0.1, 0.15) is 5.82 Å². The van der Waals surface area contributed by atoms with Gasteiger partial charge in [-0.25, -0.2) is 4.98 Å². The lowest BCUT2D eigenvalue weighted by Crippen LogP contribution is -2.40. The molecule has 1 aromatic heterocycles. The molecule has 3 heterocycles. The van der Waals surface area contributed by atoms with E-state index in [0.717, 1.165) is 50.8 Å². The molecular formula is C16H24N4O2. The van der Waals surface area contributed by atoms with E-state index in [2.05, 4.69) is 20.1 Å². The summed E-state index contributed by atoms with van der Waals surface area (Å²) in [6.07, 6.45) is 5.39. The number of ether oxygens (including phenoxy) is 1. The van der Waals surface area contributed by atoms with Gasteiger partial charge in [-0.1, -0.05) is 6.42 Å². The van der Waals surface area contributed by atoms with Crippen LogP contribution < -0.4 is 0 Å². The third kappa shape index (κ3) is 2.24. The van der Waals surface area contributed by atoms with Crippen LogP contribution in [0.25, 0.3) is 0 Å². The zero-order valence-corrected chi connectivity index (χ0v) is 13.2. The number of nitrogens with zero attached hydrogens (tertiary/aromatic N) is 3. The van der Waals surface area contributed by atoms with E-state index in [1.165, 1.54) is 19.3 Å². The van der Waals surface area contributed by atoms with Crippen LogP contribution in [0.4, 0.5) is 0 Å². The van der Waals surface area contributed by atoms with Crippen molar-refractivity contribution < 1.29 is 9.53 Å². The Kier molecular flexibility index (Phi) is 3.44. The molecule has 1 aromatic rings. The summed E-state index contributed by atoms with van der Waals surface area (Å²) in [7, 11) is 0. The predicted molar refractivity (Wildman–Crippen MR) is 80.3 cm³/mol. The van der Waals surface area contributed by atoms with Gasteiger partial charge in [-0.05, 0) is 38.0 Å². The molecule has 0 aromatic carbocycles. The Morgan fingerprint density at radius 3 is 2.73 bits per heavy atom. The van der Waals surface area contributed by atoms with Crippen molar-refractivity contribution >= 4 is 5.91 Å². The van der Waals surface area contributed by atoms with Crippen molar-refractivity contribution in [2.45, 2.75) is 44.9 Å². The summed E-state index contributed by atoms with van der Waals surface area (Å²) in [6.45, 7) is 5.05. The lowest BCUT2D eigenvalue weighted by Gasteiger charge is -2.41. The minimum atomic E-state index is 0.151. The third-order valence-corrected chi connectivity index (χ3v) is 5.81. The highest BCUT2D eigenvalue weighted by Gasteiger charge is 2.53. The number of nitrogens with one attached hydrogen (secondary N) is 1. The summed E-state index contributed by atoms with van der Waals surface area (Å²) in [5.41, 5.74) is 0.232. The zero-order chi connectivity index (χ0) is 15.2. The van der Waals surface area contributed by atoms with E-state index >= 15 is 0 Å². The molecule has 1 unspecified atom stereocenters. The first-order valence-electron chi connectivity index (χ1n) is 8.43. The normalized spacial score (nSPS) is 28.0. The Hall–Kier alpha value is -1.43. The summed E-state index contributed by atoms with van der Waals surface area (Å²) in [5.74, 6) is 2.54. The predicted octanol–water partition coefficient (Wildman–Crippen LogP) is 1.64. The molecule has 22 heavy (non-hydrogen) atoms. The third-order valence-electron chi connectivity index (χ3n) is 5.81. The fourth-order valence-electron chi connectivity index (χ4n) is 4.35. The summed E-state index contributed by atoms with van der Waals surface area (Å²) >= 11 is 0. The number of carbonyl (C=O) groups is 1. The van der Waals surface area contributed by atoms with Crippen LogP contribution in [0.3, 0.4) is 0 Å². The summed E-state index contributed by atoms with van der Waals surface area (Å²) < 4.78 is 5.38. The van der Waals surface area contributed by atoms with E-state index in [1.807, 2.05) is 6.92 Å². The molecule has 1 saturated carbocycles. The van der Waals surface area contributed by atoms with E-state index in [0.29, 0.717) is 11.8 Å². The summed E-state index contributed by atoms with van der Waals surface area (Å²) in [5, 5.41) is 7.35. The Bertz CT molecular complexity index is 560. The fraction of sp³-hybridized carbons (Fsp3) is 0.812. The average Bonchev–Trinajstić information content (AvgIpc) is 3.10. The molecule has 6 heteroatoms. The second-order valence-electron chi connectivity index (χ2n) is 7.15. The second-order valence-corrected chi connectivity index (χ2v) is 7.15. The first-order valence-corrected chi connectivity index (χ1v) is 8.43. The van der Waals surface area contributed by atoms with Crippen LogP contribution in [-0.4, -0.2) is 52.3 Å². The number of aryl methyl sites for hydroxylation is 1. The maximum Gasteiger partial charge on any atom is 0.225 e. The molecule has 120 valence electrons. The van der Waals surface area contributed by atoms with Crippen molar-refractivity contribution in [3.63, 3.8) is 0 Å². The Morgan fingerprint density at radius 2 is 2.14 bits per heavy atom. The average molecular weight is 304 g/mol. The van der Waals surface area contributed by atoms with Crippen LogP contribution >= 0.6 is 0 Å². The molecule has 6 nitrogen and oxygen atoms in total. The largest absolute Gasteiger partial charge is 0.381 e. The van der Waals surface area contributed by atoms with Crippen LogP contribution in [0.5, 0.6) is 0 Å². The van der Waals surface area contributed by atoms with Gasteiger partial charge >= 0.3 is 0 Å². The Labute approximate surface area is 130 Å².